The van der Waals surface area contributed by atoms with E-state index in [9.17, 15) is 0 Å². The van der Waals surface area contributed by atoms with Crippen LogP contribution in [-0.2, 0) is 9.78 Å². The first-order valence-corrected chi connectivity index (χ1v) is 3.26. The predicted octanol–water partition coefficient (Wildman–Crippen LogP) is 1.92. The molecule has 2 heteroatoms. The van der Waals surface area contributed by atoms with Crippen molar-refractivity contribution in [3.8, 4) is 0 Å². The third-order valence-electron chi connectivity index (χ3n) is 0.975. The summed E-state index contributed by atoms with van der Waals surface area (Å²) in [5.41, 5.74) is 0. The van der Waals surface area contributed by atoms with Gasteiger partial charge in [0.25, 0.3) is 0 Å². The van der Waals surface area contributed by atoms with Crippen LogP contribution in [0.15, 0.2) is 12.7 Å². The van der Waals surface area contributed by atoms with Crippen molar-refractivity contribution in [1.29, 1.82) is 0 Å². The molecule has 0 radical (unpaired) electrons. The van der Waals surface area contributed by atoms with Crippen molar-refractivity contribution >= 4 is 0 Å². The van der Waals surface area contributed by atoms with Crippen LogP contribution in [0.1, 0.15) is 20.3 Å². The zero-order chi connectivity index (χ0) is 7.11. The summed E-state index contributed by atoms with van der Waals surface area (Å²) in [6.45, 7) is 8.07. The molecule has 1 atom stereocenters. The maximum atomic E-state index is 4.87. The minimum Gasteiger partial charge on any atom is -0.236 e. The van der Waals surface area contributed by atoms with Crippen LogP contribution in [0.25, 0.3) is 0 Å². The molecule has 1 unspecified atom stereocenters. The summed E-state index contributed by atoms with van der Waals surface area (Å²) in [5.74, 6) is 0. The molecule has 0 fully saturated rings. The lowest BCUT2D eigenvalue weighted by atomic mass is 10.3. The normalized spacial score (nSPS) is 13.1. The van der Waals surface area contributed by atoms with Crippen LogP contribution in [0, 0.1) is 0 Å². The smallest absolute Gasteiger partial charge is 0.111 e. The van der Waals surface area contributed by atoms with Crippen molar-refractivity contribution in [3.63, 3.8) is 0 Å². The van der Waals surface area contributed by atoms with Gasteiger partial charge in [0.15, 0.2) is 0 Å². The molecule has 0 aliphatic heterocycles. The van der Waals surface area contributed by atoms with Gasteiger partial charge in [0, 0.05) is 0 Å². The second kappa shape index (κ2) is 5.79. The minimum atomic E-state index is 0.0462. The Hall–Kier alpha value is -0.340. The maximum absolute atomic E-state index is 4.87. The molecule has 54 valence electrons. The first-order chi connectivity index (χ1) is 4.35. The molecule has 2 nitrogen and oxygen atoms in total. The molecular formula is C7H14O2. The van der Waals surface area contributed by atoms with Crippen molar-refractivity contribution in [1.82, 2.24) is 0 Å². The van der Waals surface area contributed by atoms with Crippen LogP contribution in [0.2, 0.25) is 0 Å². The molecular weight excluding hydrogens is 116 g/mol. The zero-order valence-electron chi connectivity index (χ0n) is 6.09. The van der Waals surface area contributed by atoms with E-state index in [0.29, 0.717) is 6.61 Å². The second-order valence-electron chi connectivity index (χ2n) is 1.69. The Bertz CT molecular complexity index is 71.3. The predicted molar refractivity (Wildman–Crippen MR) is 37.0 cm³/mol. The average Bonchev–Trinajstić information content (AvgIpc) is 1.91. The highest BCUT2D eigenvalue weighted by atomic mass is 17.2. The van der Waals surface area contributed by atoms with Crippen molar-refractivity contribution in [2.45, 2.75) is 26.4 Å². The van der Waals surface area contributed by atoms with Crippen LogP contribution in [0.3, 0.4) is 0 Å². The summed E-state index contributed by atoms with van der Waals surface area (Å²) in [5, 5.41) is 0. The molecule has 0 rings (SSSR count). The van der Waals surface area contributed by atoms with Gasteiger partial charge in [-0.05, 0) is 13.3 Å². The molecule has 0 N–H and O–H groups in total. The van der Waals surface area contributed by atoms with Crippen LogP contribution in [0.4, 0.5) is 0 Å². The van der Waals surface area contributed by atoms with E-state index in [0.717, 1.165) is 6.42 Å². The van der Waals surface area contributed by atoms with E-state index in [1.807, 2.05) is 13.8 Å². The fourth-order valence-electron chi connectivity index (χ4n) is 0.429. The van der Waals surface area contributed by atoms with Crippen LogP contribution >= 0.6 is 0 Å². The van der Waals surface area contributed by atoms with E-state index in [-0.39, 0.29) is 6.10 Å². The number of hydrogen-bond acceptors (Lipinski definition) is 2. The first kappa shape index (κ1) is 8.66. The fraction of sp³-hybridized carbons (Fsp3) is 0.714. The Labute approximate surface area is 56.4 Å². The van der Waals surface area contributed by atoms with Gasteiger partial charge in [-0.25, -0.2) is 9.78 Å². The van der Waals surface area contributed by atoms with Crippen molar-refractivity contribution in [2.24, 2.45) is 0 Å². The molecule has 0 heterocycles. The summed E-state index contributed by atoms with van der Waals surface area (Å²) in [6.07, 6.45) is 2.68. The molecule has 0 saturated heterocycles. The highest BCUT2D eigenvalue weighted by Gasteiger charge is 1.98. The molecule has 0 aromatic rings. The molecule has 0 amide bonds. The van der Waals surface area contributed by atoms with Crippen molar-refractivity contribution in [2.75, 3.05) is 6.61 Å². The highest BCUT2D eigenvalue weighted by Crippen LogP contribution is 1.98. The van der Waals surface area contributed by atoms with E-state index in [2.05, 4.69) is 6.58 Å². The molecule has 0 aliphatic rings. The van der Waals surface area contributed by atoms with Gasteiger partial charge in [-0.1, -0.05) is 13.0 Å². The largest absolute Gasteiger partial charge is 0.236 e. The van der Waals surface area contributed by atoms with E-state index >= 15 is 0 Å². The molecule has 0 aliphatic carbocycles. The molecule has 0 aromatic heterocycles. The molecule has 0 spiro atoms. The van der Waals surface area contributed by atoms with Gasteiger partial charge in [0.1, 0.15) is 6.10 Å². The zero-order valence-corrected chi connectivity index (χ0v) is 6.09. The summed E-state index contributed by atoms with van der Waals surface area (Å²) >= 11 is 0. The quantitative estimate of drug-likeness (QED) is 0.321. The standard InChI is InChI=1S/C7H14O2/c1-4-7(5-2)9-8-6-3/h4,7H,1,5-6H2,2-3H3. The van der Waals surface area contributed by atoms with Gasteiger partial charge in [0.05, 0.1) is 6.61 Å². The Morgan fingerprint density at radius 2 is 2.22 bits per heavy atom. The molecule has 9 heavy (non-hydrogen) atoms. The highest BCUT2D eigenvalue weighted by molar-refractivity contribution is 4.76. The number of rotatable bonds is 5. The summed E-state index contributed by atoms with van der Waals surface area (Å²) < 4.78 is 0. The second-order valence-corrected chi connectivity index (χ2v) is 1.69. The van der Waals surface area contributed by atoms with Crippen LogP contribution in [0.5, 0.6) is 0 Å². The van der Waals surface area contributed by atoms with Gasteiger partial charge in [-0.2, -0.15) is 0 Å². The Morgan fingerprint density at radius 3 is 2.56 bits per heavy atom. The number of hydrogen-bond donors (Lipinski definition) is 0. The van der Waals surface area contributed by atoms with Crippen LogP contribution in [-0.4, -0.2) is 12.7 Å². The topological polar surface area (TPSA) is 18.5 Å². The van der Waals surface area contributed by atoms with Crippen molar-refractivity contribution in [3.05, 3.63) is 12.7 Å². The average molecular weight is 130 g/mol. The third kappa shape index (κ3) is 4.18. The van der Waals surface area contributed by atoms with Gasteiger partial charge in [-0.3, -0.25) is 0 Å². The lowest BCUT2D eigenvalue weighted by Crippen LogP contribution is -2.07. The first-order valence-electron chi connectivity index (χ1n) is 3.26. The Kier molecular flexibility index (Phi) is 5.57. The van der Waals surface area contributed by atoms with Crippen LogP contribution < -0.4 is 0 Å². The third-order valence-corrected chi connectivity index (χ3v) is 0.975. The molecule has 0 saturated carbocycles. The lowest BCUT2D eigenvalue weighted by Gasteiger charge is -2.07. The Balaban J connectivity index is 3.20. The van der Waals surface area contributed by atoms with Gasteiger partial charge < -0.3 is 0 Å². The van der Waals surface area contributed by atoms with E-state index in [4.69, 9.17) is 9.78 Å². The van der Waals surface area contributed by atoms with E-state index in [1.54, 1.807) is 6.08 Å². The van der Waals surface area contributed by atoms with E-state index in [1.165, 1.54) is 0 Å². The monoisotopic (exact) mass is 130 g/mol. The Morgan fingerprint density at radius 1 is 1.56 bits per heavy atom. The van der Waals surface area contributed by atoms with Gasteiger partial charge in [0.2, 0.25) is 0 Å². The SMILES string of the molecule is C=CC(CC)OOCC. The minimum absolute atomic E-state index is 0.0462. The summed E-state index contributed by atoms with van der Waals surface area (Å²) in [4.78, 5) is 9.58. The fourth-order valence-corrected chi connectivity index (χ4v) is 0.429. The van der Waals surface area contributed by atoms with Crippen molar-refractivity contribution < 1.29 is 9.78 Å². The maximum Gasteiger partial charge on any atom is 0.111 e. The van der Waals surface area contributed by atoms with E-state index < -0.39 is 0 Å². The lowest BCUT2D eigenvalue weighted by molar-refractivity contribution is -0.311. The molecule has 0 bridgehead atoms. The van der Waals surface area contributed by atoms with Gasteiger partial charge in [-0.15, -0.1) is 6.58 Å². The summed E-state index contributed by atoms with van der Waals surface area (Å²) in [6, 6.07) is 0. The molecule has 0 aromatic carbocycles. The van der Waals surface area contributed by atoms with Gasteiger partial charge >= 0.3 is 0 Å². The summed E-state index contributed by atoms with van der Waals surface area (Å²) in [7, 11) is 0.